The van der Waals surface area contributed by atoms with Crippen molar-refractivity contribution in [1.29, 1.82) is 0 Å². The van der Waals surface area contributed by atoms with Crippen LogP contribution in [0.25, 0.3) is 21.8 Å². The first-order valence-corrected chi connectivity index (χ1v) is 5.80. The minimum absolute atomic E-state index is 0.309. The van der Waals surface area contributed by atoms with E-state index in [1.54, 1.807) is 12.1 Å². The molecule has 0 radical (unpaired) electrons. The summed E-state index contributed by atoms with van der Waals surface area (Å²) >= 11 is 5.26. The molecule has 0 unspecified atom stereocenters. The largest absolute Gasteiger partial charge is 0.354 e. The third-order valence-corrected chi connectivity index (χ3v) is 3.14. The smallest absolute Gasteiger partial charge is 0.293 e. The molecule has 0 saturated carbocycles. The van der Waals surface area contributed by atoms with Crippen molar-refractivity contribution in [2.75, 3.05) is 0 Å². The molecule has 2 aromatic carbocycles. The quantitative estimate of drug-likeness (QED) is 0.435. The number of aromatic nitrogens is 1. The molecule has 0 atom stereocenters. The van der Waals surface area contributed by atoms with Gasteiger partial charge in [0.25, 0.3) is 5.24 Å². The third kappa shape index (κ3) is 1.52. The summed E-state index contributed by atoms with van der Waals surface area (Å²) in [4.78, 5) is 25.9. The number of carbonyl (C=O) groups excluding carboxylic acids is 2. The molecule has 0 amide bonds. The second-order valence-electron chi connectivity index (χ2n) is 4.00. The Bertz CT molecular complexity index is 789. The number of ketones is 1. The fourth-order valence-corrected chi connectivity index (χ4v) is 2.27. The van der Waals surface area contributed by atoms with Gasteiger partial charge in [0.15, 0.2) is 0 Å². The number of aromatic amines is 1. The minimum Gasteiger partial charge on any atom is -0.354 e. The number of nitrogens with one attached hydrogen (secondary N) is 1. The number of halogens is 1. The predicted octanol–water partition coefficient (Wildman–Crippen LogP) is 3.27. The van der Waals surface area contributed by atoms with Crippen LogP contribution in [0.1, 0.15) is 10.4 Å². The van der Waals surface area contributed by atoms with Gasteiger partial charge in [-0.2, -0.15) is 0 Å². The standard InChI is InChI=1S/C14H8ClNO2/c15-14(18)13(17)10-6-3-5-9-8-4-1-2-7-11(8)16-12(9)10/h1-7,16H. The SMILES string of the molecule is O=C(Cl)C(=O)c1cccc2c1[nH]c1ccccc12. The Balaban J connectivity index is 2.41. The fraction of sp³-hybridized carbons (Fsp3) is 0. The van der Waals surface area contributed by atoms with Crippen LogP contribution in [0.3, 0.4) is 0 Å². The zero-order chi connectivity index (χ0) is 12.7. The number of rotatable bonds is 2. The van der Waals surface area contributed by atoms with Crippen LogP contribution < -0.4 is 0 Å². The maximum atomic E-state index is 11.7. The molecule has 4 heteroatoms. The molecule has 3 aromatic rings. The van der Waals surface area contributed by atoms with Crippen LogP contribution in [-0.4, -0.2) is 16.0 Å². The van der Waals surface area contributed by atoms with Gasteiger partial charge in [0.05, 0.1) is 11.1 Å². The average Bonchev–Trinajstić information content (AvgIpc) is 2.76. The maximum absolute atomic E-state index is 11.7. The van der Waals surface area contributed by atoms with Crippen LogP contribution in [-0.2, 0) is 4.79 Å². The van der Waals surface area contributed by atoms with E-state index >= 15 is 0 Å². The highest BCUT2D eigenvalue weighted by Gasteiger charge is 2.18. The molecular formula is C14H8ClNO2. The molecule has 3 rings (SSSR count). The summed E-state index contributed by atoms with van der Waals surface area (Å²) in [6.07, 6.45) is 0. The molecule has 0 saturated heterocycles. The van der Waals surface area contributed by atoms with Gasteiger partial charge in [0.1, 0.15) is 0 Å². The monoisotopic (exact) mass is 257 g/mol. The first-order chi connectivity index (χ1) is 8.68. The van der Waals surface area contributed by atoms with Gasteiger partial charge in [-0.3, -0.25) is 9.59 Å². The summed E-state index contributed by atoms with van der Waals surface area (Å²) in [6, 6.07) is 13.0. The van der Waals surface area contributed by atoms with Crippen molar-refractivity contribution >= 4 is 44.4 Å². The van der Waals surface area contributed by atoms with Crippen LogP contribution in [0.5, 0.6) is 0 Å². The molecule has 0 aliphatic carbocycles. The molecule has 0 aliphatic heterocycles. The molecule has 0 bridgehead atoms. The Labute approximate surface area is 107 Å². The van der Waals surface area contributed by atoms with E-state index in [2.05, 4.69) is 4.98 Å². The lowest BCUT2D eigenvalue weighted by Gasteiger charge is -1.98. The van der Waals surface area contributed by atoms with Crippen LogP contribution >= 0.6 is 11.6 Å². The van der Waals surface area contributed by atoms with Crippen molar-refractivity contribution < 1.29 is 9.59 Å². The molecule has 3 nitrogen and oxygen atoms in total. The highest BCUT2D eigenvalue weighted by Crippen LogP contribution is 2.27. The number of H-pyrrole nitrogens is 1. The van der Waals surface area contributed by atoms with Gasteiger partial charge in [0, 0.05) is 16.3 Å². The van der Waals surface area contributed by atoms with Gasteiger partial charge < -0.3 is 4.98 Å². The highest BCUT2D eigenvalue weighted by molar-refractivity contribution is 6.83. The number of para-hydroxylation sites is 2. The number of Topliss-reactive ketones (excluding diaryl/α,β-unsaturated/α-hetero) is 1. The van der Waals surface area contributed by atoms with Crippen LogP contribution in [0, 0.1) is 0 Å². The van der Waals surface area contributed by atoms with Gasteiger partial charge in [0.2, 0.25) is 5.78 Å². The van der Waals surface area contributed by atoms with E-state index < -0.39 is 11.0 Å². The van der Waals surface area contributed by atoms with E-state index in [4.69, 9.17) is 11.6 Å². The summed E-state index contributed by atoms with van der Waals surface area (Å²) in [5.41, 5.74) is 1.89. The summed E-state index contributed by atoms with van der Waals surface area (Å²) < 4.78 is 0. The number of fused-ring (bicyclic) bond motifs is 3. The molecular weight excluding hydrogens is 250 g/mol. The average molecular weight is 258 g/mol. The lowest BCUT2D eigenvalue weighted by Crippen LogP contribution is -2.07. The topological polar surface area (TPSA) is 49.9 Å². The second-order valence-corrected chi connectivity index (χ2v) is 4.34. The van der Waals surface area contributed by atoms with Crippen molar-refractivity contribution in [3.05, 3.63) is 48.0 Å². The molecule has 88 valence electrons. The lowest BCUT2D eigenvalue weighted by molar-refractivity contribution is -0.108. The summed E-state index contributed by atoms with van der Waals surface area (Å²) in [5, 5.41) is 0.958. The molecule has 0 fully saturated rings. The zero-order valence-corrected chi connectivity index (χ0v) is 9.99. The van der Waals surface area contributed by atoms with E-state index in [-0.39, 0.29) is 0 Å². The molecule has 1 heterocycles. The predicted molar refractivity (Wildman–Crippen MR) is 71.0 cm³/mol. The minimum atomic E-state index is -0.971. The van der Waals surface area contributed by atoms with Gasteiger partial charge >= 0.3 is 0 Å². The van der Waals surface area contributed by atoms with Crippen LogP contribution in [0.15, 0.2) is 42.5 Å². The van der Waals surface area contributed by atoms with Gasteiger partial charge in [-0.05, 0) is 23.7 Å². The highest BCUT2D eigenvalue weighted by atomic mass is 35.5. The van der Waals surface area contributed by atoms with Gasteiger partial charge in [-0.25, -0.2) is 0 Å². The Morgan fingerprint density at radius 1 is 0.944 bits per heavy atom. The van der Waals surface area contributed by atoms with Crippen molar-refractivity contribution in [3.8, 4) is 0 Å². The summed E-state index contributed by atoms with van der Waals surface area (Å²) in [5.74, 6) is -0.686. The normalized spacial score (nSPS) is 10.9. The Hall–Kier alpha value is -2.13. The molecule has 18 heavy (non-hydrogen) atoms. The Morgan fingerprint density at radius 2 is 1.67 bits per heavy atom. The summed E-state index contributed by atoms with van der Waals surface area (Å²) in [6.45, 7) is 0. The fourth-order valence-electron chi connectivity index (χ4n) is 2.17. The van der Waals surface area contributed by atoms with E-state index in [1.807, 2.05) is 30.3 Å². The van der Waals surface area contributed by atoms with Gasteiger partial charge in [-0.15, -0.1) is 0 Å². The van der Waals surface area contributed by atoms with E-state index in [1.165, 1.54) is 0 Å². The van der Waals surface area contributed by atoms with Gasteiger partial charge in [-0.1, -0.05) is 30.3 Å². The molecule has 0 aliphatic rings. The van der Waals surface area contributed by atoms with Crippen LogP contribution in [0.4, 0.5) is 0 Å². The first-order valence-electron chi connectivity index (χ1n) is 5.42. The van der Waals surface area contributed by atoms with E-state index in [9.17, 15) is 9.59 Å². The van der Waals surface area contributed by atoms with Crippen molar-refractivity contribution in [3.63, 3.8) is 0 Å². The van der Waals surface area contributed by atoms with Crippen molar-refractivity contribution in [1.82, 2.24) is 4.98 Å². The number of carbonyl (C=O) groups is 2. The first kappa shape index (κ1) is 11.0. The Morgan fingerprint density at radius 3 is 2.44 bits per heavy atom. The van der Waals surface area contributed by atoms with Crippen molar-refractivity contribution in [2.24, 2.45) is 0 Å². The van der Waals surface area contributed by atoms with E-state index in [0.717, 1.165) is 16.3 Å². The number of benzene rings is 2. The third-order valence-electron chi connectivity index (χ3n) is 2.96. The number of hydrogen-bond acceptors (Lipinski definition) is 2. The second kappa shape index (κ2) is 3.96. The number of hydrogen-bond donors (Lipinski definition) is 1. The molecule has 0 spiro atoms. The van der Waals surface area contributed by atoms with E-state index in [0.29, 0.717) is 11.1 Å². The maximum Gasteiger partial charge on any atom is 0.293 e. The lowest BCUT2D eigenvalue weighted by atomic mass is 10.1. The molecule has 1 N–H and O–H groups in total. The Kier molecular flexibility index (Phi) is 2.42. The van der Waals surface area contributed by atoms with Crippen molar-refractivity contribution in [2.45, 2.75) is 0 Å². The zero-order valence-electron chi connectivity index (χ0n) is 9.24. The van der Waals surface area contributed by atoms with Crippen LogP contribution in [0.2, 0.25) is 0 Å². The summed E-state index contributed by atoms with van der Waals surface area (Å²) in [7, 11) is 0. The molecule has 1 aromatic heterocycles.